The molecule has 1 N–H and O–H groups in total. The summed E-state index contributed by atoms with van der Waals surface area (Å²) in [5.74, 6) is 0.417. The summed E-state index contributed by atoms with van der Waals surface area (Å²) in [4.78, 5) is 39.3. The largest absolute Gasteiger partial charge is 0.356 e. The maximum absolute atomic E-state index is 12.6. The minimum Gasteiger partial charge on any atom is -0.356 e. The number of carbonyl (C=O) groups is 3. The van der Waals surface area contributed by atoms with Crippen molar-refractivity contribution in [2.24, 2.45) is 16.9 Å². The predicted molar refractivity (Wildman–Crippen MR) is 114 cm³/mol. The summed E-state index contributed by atoms with van der Waals surface area (Å²) in [7, 11) is 0. The molecule has 1 aromatic rings. The van der Waals surface area contributed by atoms with Gasteiger partial charge in [0.1, 0.15) is 0 Å². The Morgan fingerprint density at radius 1 is 1.00 bits per heavy atom. The molecule has 1 atom stereocenters. The number of nitrogens with one attached hydrogen (secondary N) is 1. The van der Waals surface area contributed by atoms with Crippen molar-refractivity contribution in [2.75, 3.05) is 26.2 Å². The SMILES string of the molecule is O=C(NCC1CC1)C1CCCN(C(=O)CCC(=O)N2CCC(c3ccccc3)=N2)C1. The fourth-order valence-electron chi connectivity index (χ4n) is 4.10. The summed E-state index contributed by atoms with van der Waals surface area (Å²) < 4.78 is 0. The zero-order valence-electron chi connectivity index (χ0n) is 17.4. The highest BCUT2D eigenvalue weighted by Gasteiger charge is 2.30. The number of rotatable bonds is 7. The van der Waals surface area contributed by atoms with Crippen LogP contribution in [0.25, 0.3) is 0 Å². The number of hydrogen-bond donors (Lipinski definition) is 1. The van der Waals surface area contributed by atoms with E-state index in [1.165, 1.54) is 17.9 Å². The molecule has 3 amide bonds. The lowest BCUT2D eigenvalue weighted by Crippen LogP contribution is -2.46. The van der Waals surface area contributed by atoms with Crippen LogP contribution in [0.2, 0.25) is 0 Å². The van der Waals surface area contributed by atoms with Gasteiger partial charge in [-0.15, -0.1) is 0 Å². The van der Waals surface area contributed by atoms with Crippen LogP contribution in [0.15, 0.2) is 35.4 Å². The van der Waals surface area contributed by atoms with Crippen LogP contribution in [0.5, 0.6) is 0 Å². The normalized spacial score (nSPS) is 21.3. The maximum Gasteiger partial charge on any atom is 0.243 e. The minimum atomic E-state index is -0.131. The number of nitrogens with zero attached hydrogens (tertiary/aromatic N) is 3. The van der Waals surface area contributed by atoms with Crippen molar-refractivity contribution in [3.8, 4) is 0 Å². The number of carbonyl (C=O) groups excluding carboxylic acids is 3. The Balaban J connectivity index is 1.23. The van der Waals surface area contributed by atoms with Gasteiger partial charge in [-0.2, -0.15) is 5.10 Å². The van der Waals surface area contributed by atoms with Crippen LogP contribution in [-0.4, -0.2) is 59.5 Å². The van der Waals surface area contributed by atoms with E-state index in [1.807, 2.05) is 30.3 Å². The fourth-order valence-corrected chi connectivity index (χ4v) is 4.10. The Labute approximate surface area is 177 Å². The van der Waals surface area contributed by atoms with E-state index in [9.17, 15) is 14.4 Å². The van der Waals surface area contributed by atoms with E-state index in [-0.39, 0.29) is 36.5 Å². The van der Waals surface area contributed by atoms with Gasteiger partial charge in [0, 0.05) is 38.9 Å². The second-order valence-electron chi connectivity index (χ2n) is 8.55. The number of likely N-dealkylation sites (tertiary alicyclic amines) is 1. The molecule has 7 nitrogen and oxygen atoms in total. The van der Waals surface area contributed by atoms with Crippen molar-refractivity contribution >= 4 is 23.4 Å². The molecule has 160 valence electrons. The second-order valence-corrected chi connectivity index (χ2v) is 8.55. The smallest absolute Gasteiger partial charge is 0.243 e. The molecule has 1 unspecified atom stereocenters. The first-order chi connectivity index (χ1) is 14.6. The van der Waals surface area contributed by atoms with Crippen LogP contribution in [0.1, 0.15) is 50.5 Å². The van der Waals surface area contributed by atoms with Gasteiger partial charge in [-0.25, -0.2) is 5.01 Å². The van der Waals surface area contributed by atoms with Crippen molar-refractivity contribution in [3.63, 3.8) is 0 Å². The van der Waals surface area contributed by atoms with Gasteiger partial charge < -0.3 is 10.2 Å². The zero-order valence-corrected chi connectivity index (χ0v) is 17.4. The predicted octanol–water partition coefficient (Wildman–Crippen LogP) is 2.17. The Morgan fingerprint density at radius 2 is 1.77 bits per heavy atom. The van der Waals surface area contributed by atoms with E-state index in [0.29, 0.717) is 25.6 Å². The summed E-state index contributed by atoms with van der Waals surface area (Å²) in [6, 6.07) is 9.85. The number of hydrazone groups is 1. The number of benzene rings is 1. The van der Waals surface area contributed by atoms with E-state index in [4.69, 9.17) is 0 Å². The Morgan fingerprint density at radius 3 is 2.53 bits per heavy atom. The van der Waals surface area contributed by atoms with E-state index < -0.39 is 0 Å². The molecular weight excluding hydrogens is 380 g/mol. The monoisotopic (exact) mass is 410 g/mol. The van der Waals surface area contributed by atoms with Crippen LogP contribution in [-0.2, 0) is 14.4 Å². The first kappa shape index (κ1) is 20.6. The molecule has 0 radical (unpaired) electrons. The summed E-state index contributed by atoms with van der Waals surface area (Å²) in [5.41, 5.74) is 1.94. The second kappa shape index (κ2) is 9.41. The van der Waals surface area contributed by atoms with Crippen molar-refractivity contribution < 1.29 is 14.4 Å². The highest BCUT2D eigenvalue weighted by molar-refractivity contribution is 6.02. The minimum absolute atomic E-state index is 0.0468. The summed E-state index contributed by atoms with van der Waals surface area (Å²) in [6.45, 7) is 2.45. The van der Waals surface area contributed by atoms with Gasteiger partial charge in [0.2, 0.25) is 17.7 Å². The molecule has 7 heteroatoms. The Kier molecular flexibility index (Phi) is 6.45. The van der Waals surface area contributed by atoms with Crippen molar-refractivity contribution in [3.05, 3.63) is 35.9 Å². The fraction of sp³-hybridized carbons (Fsp3) is 0.565. The van der Waals surface area contributed by atoms with Gasteiger partial charge in [0.25, 0.3) is 0 Å². The third-order valence-electron chi connectivity index (χ3n) is 6.16. The number of piperidine rings is 1. The topological polar surface area (TPSA) is 82.1 Å². The Hall–Kier alpha value is -2.70. The van der Waals surface area contributed by atoms with Gasteiger partial charge in [-0.1, -0.05) is 30.3 Å². The summed E-state index contributed by atoms with van der Waals surface area (Å²) >= 11 is 0. The van der Waals surface area contributed by atoms with Crippen LogP contribution >= 0.6 is 0 Å². The van der Waals surface area contributed by atoms with E-state index in [0.717, 1.165) is 37.1 Å². The quantitative estimate of drug-likeness (QED) is 0.748. The van der Waals surface area contributed by atoms with Gasteiger partial charge >= 0.3 is 0 Å². The van der Waals surface area contributed by atoms with Crippen molar-refractivity contribution in [1.29, 1.82) is 0 Å². The lowest BCUT2D eigenvalue weighted by Gasteiger charge is -2.32. The van der Waals surface area contributed by atoms with Crippen molar-refractivity contribution in [2.45, 2.75) is 44.9 Å². The summed E-state index contributed by atoms with van der Waals surface area (Å²) in [5, 5.41) is 8.96. The third kappa shape index (κ3) is 5.26. The molecule has 0 bridgehead atoms. The van der Waals surface area contributed by atoms with E-state index in [2.05, 4.69) is 10.4 Å². The molecule has 3 aliphatic rings. The maximum atomic E-state index is 12.6. The first-order valence-corrected chi connectivity index (χ1v) is 11.1. The van der Waals surface area contributed by atoms with Crippen molar-refractivity contribution in [1.82, 2.24) is 15.2 Å². The number of amides is 3. The average Bonchev–Trinajstić information content (AvgIpc) is 3.49. The van der Waals surface area contributed by atoms with Crippen LogP contribution in [0, 0.1) is 11.8 Å². The molecule has 0 spiro atoms. The molecule has 0 aromatic heterocycles. The lowest BCUT2D eigenvalue weighted by atomic mass is 9.96. The van der Waals surface area contributed by atoms with Crippen LogP contribution < -0.4 is 5.32 Å². The standard InChI is InChI=1S/C23H30N4O3/c28-21(26-13-4-7-19(16-26)23(30)24-15-17-8-9-17)10-11-22(29)27-14-12-20(25-27)18-5-2-1-3-6-18/h1-3,5-6,17,19H,4,7-16H2,(H,24,30). The molecule has 2 aliphatic heterocycles. The van der Waals surface area contributed by atoms with Gasteiger partial charge in [-0.05, 0) is 37.2 Å². The highest BCUT2D eigenvalue weighted by atomic mass is 16.2. The van der Waals surface area contributed by atoms with Crippen LogP contribution in [0.4, 0.5) is 0 Å². The Bertz CT molecular complexity index is 819. The lowest BCUT2D eigenvalue weighted by molar-refractivity contribution is -0.139. The van der Waals surface area contributed by atoms with Crippen LogP contribution in [0.3, 0.4) is 0 Å². The number of hydrogen-bond acceptors (Lipinski definition) is 4. The van der Waals surface area contributed by atoms with Gasteiger partial charge in [0.15, 0.2) is 0 Å². The molecule has 1 saturated carbocycles. The molecule has 30 heavy (non-hydrogen) atoms. The molecule has 1 aromatic carbocycles. The zero-order chi connectivity index (χ0) is 20.9. The molecule has 2 fully saturated rings. The highest BCUT2D eigenvalue weighted by Crippen LogP contribution is 2.28. The van der Waals surface area contributed by atoms with Gasteiger partial charge in [0.05, 0.1) is 18.2 Å². The average molecular weight is 411 g/mol. The van der Waals surface area contributed by atoms with E-state index >= 15 is 0 Å². The third-order valence-corrected chi connectivity index (χ3v) is 6.16. The van der Waals surface area contributed by atoms with Gasteiger partial charge in [-0.3, -0.25) is 14.4 Å². The molecule has 1 aliphatic carbocycles. The van der Waals surface area contributed by atoms with E-state index in [1.54, 1.807) is 4.90 Å². The molecule has 4 rings (SSSR count). The molecule has 2 heterocycles. The molecule has 1 saturated heterocycles. The summed E-state index contributed by atoms with van der Waals surface area (Å²) in [6.07, 6.45) is 5.12. The molecular formula is C23H30N4O3. The first-order valence-electron chi connectivity index (χ1n) is 11.1.